The van der Waals surface area contributed by atoms with Gasteiger partial charge in [0.05, 0.1) is 23.3 Å². The number of hydrogen-bond acceptors (Lipinski definition) is 7. The van der Waals surface area contributed by atoms with Crippen LogP contribution in [-0.2, 0) is 0 Å². The van der Waals surface area contributed by atoms with Crippen LogP contribution in [0.15, 0.2) is 77.9 Å². The molecule has 0 aliphatic carbocycles. The van der Waals surface area contributed by atoms with Crippen molar-refractivity contribution in [3.63, 3.8) is 0 Å². The maximum Gasteiger partial charge on any atom is 0.343 e. The molecule has 3 aromatic carbocycles. The molecular weight excluding hydrogens is 438 g/mol. The van der Waals surface area contributed by atoms with Gasteiger partial charge < -0.3 is 9.47 Å². The van der Waals surface area contributed by atoms with E-state index in [2.05, 4.69) is 17.5 Å². The number of nitro benzene ring substituents is 1. The number of non-ortho nitro benzene ring substituents is 1. The van der Waals surface area contributed by atoms with Crippen molar-refractivity contribution in [3.8, 4) is 11.5 Å². The highest BCUT2D eigenvalue weighted by Gasteiger charge is 2.10. The zero-order valence-electron chi connectivity index (χ0n) is 18.5. The Kier molecular flexibility index (Phi) is 8.45. The summed E-state index contributed by atoms with van der Waals surface area (Å²) in [7, 11) is 0. The molecule has 3 rings (SSSR count). The Bertz CT molecular complexity index is 1160. The molecule has 0 radical (unpaired) electrons. The number of benzene rings is 3. The lowest BCUT2D eigenvalue weighted by Crippen LogP contribution is -2.17. The van der Waals surface area contributed by atoms with Crippen LogP contribution in [0.4, 0.5) is 5.69 Å². The van der Waals surface area contributed by atoms with E-state index in [1.54, 1.807) is 48.5 Å². The molecular formula is C25H23N3O6. The van der Waals surface area contributed by atoms with E-state index >= 15 is 0 Å². The van der Waals surface area contributed by atoms with Gasteiger partial charge in [0.2, 0.25) is 0 Å². The Morgan fingerprint density at radius 1 is 0.941 bits per heavy atom. The Hall–Kier alpha value is -4.53. The predicted molar refractivity (Wildman–Crippen MR) is 126 cm³/mol. The molecule has 0 spiro atoms. The maximum absolute atomic E-state index is 12.3. The molecule has 0 heterocycles. The van der Waals surface area contributed by atoms with Crippen molar-refractivity contribution in [2.45, 2.75) is 19.8 Å². The van der Waals surface area contributed by atoms with Gasteiger partial charge in [-0.2, -0.15) is 5.10 Å². The lowest BCUT2D eigenvalue weighted by Gasteiger charge is -2.07. The molecule has 9 nitrogen and oxygen atoms in total. The van der Waals surface area contributed by atoms with Gasteiger partial charge in [0.1, 0.15) is 11.5 Å². The van der Waals surface area contributed by atoms with Gasteiger partial charge in [-0.3, -0.25) is 14.9 Å². The number of rotatable bonds is 10. The minimum absolute atomic E-state index is 0.103. The fourth-order valence-electron chi connectivity index (χ4n) is 2.77. The van der Waals surface area contributed by atoms with E-state index in [0.29, 0.717) is 29.2 Å². The first-order chi connectivity index (χ1) is 16.5. The summed E-state index contributed by atoms with van der Waals surface area (Å²) in [5.41, 5.74) is 3.56. The zero-order valence-corrected chi connectivity index (χ0v) is 18.5. The van der Waals surface area contributed by atoms with Crippen LogP contribution >= 0.6 is 0 Å². The van der Waals surface area contributed by atoms with E-state index in [1.807, 2.05) is 0 Å². The largest absolute Gasteiger partial charge is 0.494 e. The summed E-state index contributed by atoms with van der Waals surface area (Å²) in [6.07, 6.45) is 3.44. The highest BCUT2D eigenvalue weighted by Crippen LogP contribution is 2.17. The van der Waals surface area contributed by atoms with Gasteiger partial charge in [-0.1, -0.05) is 13.3 Å². The van der Waals surface area contributed by atoms with Gasteiger partial charge in [0.15, 0.2) is 0 Å². The van der Waals surface area contributed by atoms with E-state index in [-0.39, 0.29) is 11.3 Å². The number of carbonyl (C=O) groups is 2. The minimum atomic E-state index is -0.541. The number of hydrogen-bond donors (Lipinski definition) is 1. The van der Waals surface area contributed by atoms with E-state index in [1.165, 1.54) is 30.5 Å². The van der Waals surface area contributed by atoms with Crippen molar-refractivity contribution >= 4 is 23.8 Å². The van der Waals surface area contributed by atoms with Gasteiger partial charge in [-0.05, 0) is 72.6 Å². The molecule has 0 aliphatic rings. The standard InChI is InChI=1S/C25H23N3O6/c1-2-3-16-33-22-14-8-20(9-15-22)25(30)34-23-12-4-18(5-13-23)17-26-27-24(29)19-6-10-21(11-7-19)28(31)32/h4-15,17H,2-3,16H2,1H3,(H,27,29). The average Bonchev–Trinajstić information content (AvgIpc) is 2.85. The normalized spacial score (nSPS) is 10.6. The molecule has 0 atom stereocenters. The summed E-state index contributed by atoms with van der Waals surface area (Å²) in [5, 5.41) is 14.5. The Morgan fingerprint density at radius 3 is 2.18 bits per heavy atom. The van der Waals surface area contributed by atoms with Gasteiger partial charge in [-0.15, -0.1) is 0 Å². The first-order valence-electron chi connectivity index (χ1n) is 10.6. The number of carbonyl (C=O) groups excluding carboxylic acids is 2. The summed E-state index contributed by atoms with van der Waals surface area (Å²) in [6, 6.07) is 18.5. The van der Waals surface area contributed by atoms with Gasteiger partial charge in [0, 0.05) is 17.7 Å². The average molecular weight is 461 g/mol. The van der Waals surface area contributed by atoms with Gasteiger partial charge in [-0.25, -0.2) is 10.2 Å². The lowest BCUT2D eigenvalue weighted by atomic mass is 10.2. The fraction of sp³-hybridized carbons (Fsp3) is 0.160. The summed E-state index contributed by atoms with van der Waals surface area (Å²) >= 11 is 0. The molecule has 3 aromatic rings. The van der Waals surface area contributed by atoms with Crippen LogP contribution in [0.1, 0.15) is 46.0 Å². The second-order valence-corrected chi connectivity index (χ2v) is 7.19. The molecule has 0 aromatic heterocycles. The summed E-state index contributed by atoms with van der Waals surface area (Å²) < 4.78 is 11.0. The molecule has 1 N–H and O–H groups in total. The van der Waals surface area contributed by atoms with Crippen LogP contribution in [0.5, 0.6) is 11.5 Å². The van der Waals surface area contributed by atoms with Crippen LogP contribution < -0.4 is 14.9 Å². The minimum Gasteiger partial charge on any atom is -0.494 e. The first-order valence-corrected chi connectivity index (χ1v) is 10.6. The predicted octanol–water partition coefficient (Wildman–Crippen LogP) is 4.76. The second-order valence-electron chi connectivity index (χ2n) is 7.19. The summed E-state index contributed by atoms with van der Waals surface area (Å²) in [5.74, 6) is 0.0741. The topological polar surface area (TPSA) is 120 Å². The maximum atomic E-state index is 12.3. The molecule has 9 heteroatoms. The van der Waals surface area contributed by atoms with Crippen molar-refractivity contribution < 1.29 is 24.0 Å². The van der Waals surface area contributed by atoms with Crippen molar-refractivity contribution in [2.24, 2.45) is 5.10 Å². The number of hydrazone groups is 1. The van der Waals surface area contributed by atoms with Gasteiger partial charge >= 0.3 is 5.97 Å². The molecule has 0 aliphatic heterocycles. The van der Waals surface area contributed by atoms with Crippen LogP contribution in [0.3, 0.4) is 0 Å². The van der Waals surface area contributed by atoms with Crippen LogP contribution in [-0.4, -0.2) is 29.6 Å². The smallest absolute Gasteiger partial charge is 0.343 e. The van der Waals surface area contributed by atoms with Crippen LogP contribution in [0.2, 0.25) is 0 Å². The summed E-state index contributed by atoms with van der Waals surface area (Å²) in [4.78, 5) is 34.5. The monoisotopic (exact) mass is 461 g/mol. The van der Waals surface area contributed by atoms with Gasteiger partial charge in [0.25, 0.3) is 11.6 Å². The van der Waals surface area contributed by atoms with E-state index in [0.717, 1.165) is 12.8 Å². The van der Waals surface area contributed by atoms with Crippen molar-refractivity contribution in [1.82, 2.24) is 5.43 Å². The van der Waals surface area contributed by atoms with Crippen molar-refractivity contribution in [1.29, 1.82) is 0 Å². The number of ether oxygens (including phenoxy) is 2. The Morgan fingerprint density at radius 2 is 1.56 bits per heavy atom. The quantitative estimate of drug-likeness (QED) is 0.116. The first kappa shape index (κ1) is 24.1. The lowest BCUT2D eigenvalue weighted by molar-refractivity contribution is -0.384. The summed E-state index contributed by atoms with van der Waals surface area (Å²) in [6.45, 7) is 2.72. The SMILES string of the molecule is CCCCOc1ccc(C(=O)Oc2ccc(C=NNC(=O)c3ccc([N+](=O)[O-])cc3)cc2)cc1. The number of esters is 1. The second kappa shape index (κ2) is 11.9. The highest BCUT2D eigenvalue weighted by molar-refractivity contribution is 5.95. The van der Waals surface area contributed by atoms with Crippen molar-refractivity contribution in [2.75, 3.05) is 6.61 Å². The van der Waals surface area contributed by atoms with E-state index in [4.69, 9.17) is 9.47 Å². The molecule has 0 unspecified atom stereocenters. The zero-order chi connectivity index (χ0) is 24.3. The number of nitrogens with one attached hydrogen (secondary N) is 1. The molecule has 174 valence electrons. The number of unbranched alkanes of at least 4 members (excludes halogenated alkanes) is 1. The fourth-order valence-corrected chi connectivity index (χ4v) is 2.77. The number of nitrogens with zero attached hydrogens (tertiary/aromatic N) is 2. The van der Waals surface area contributed by atoms with Crippen LogP contribution in [0, 0.1) is 10.1 Å². The molecule has 0 saturated heterocycles. The van der Waals surface area contributed by atoms with Crippen molar-refractivity contribution in [3.05, 3.63) is 99.6 Å². The third kappa shape index (κ3) is 6.99. The van der Waals surface area contributed by atoms with Crippen LogP contribution in [0.25, 0.3) is 0 Å². The van der Waals surface area contributed by atoms with E-state index in [9.17, 15) is 19.7 Å². The third-order valence-electron chi connectivity index (χ3n) is 4.67. The Labute approximate surface area is 196 Å². The third-order valence-corrected chi connectivity index (χ3v) is 4.67. The molecule has 0 saturated carbocycles. The molecule has 0 bridgehead atoms. The molecule has 0 fully saturated rings. The molecule has 34 heavy (non-hydrogen) atoms. The highest BCUT2D eigenvalue weighted by atomic mass is 16.6. The number of amides is 1. The number of nitro groups is 1. The molecule has 1 amide bonds. The van der Waals surface area contributed by atoms with E-state index < -0.39 is 16.8 Å². The Balaban J connectivity index is 1.50.